The Kier molecular flexibility index (Phi) is 22.7. The molecular formula is C51H82N6O9S2. The van der Waals surface area contributed by atoms with Crippen LogP contribution in [-0.4, -0.2) is 149 Å². The molecule has 3 N–H and O–H groups in total. The van der Waals surface area contributed by atoms with Gasteiger partial charge in [-0.3, -0.25) is 24.1 Å². The number of aliphatic hydroxyl groups is 1. The summed E-state index contributed by atoms with van der Waals surface area (Å²) in [6.07, 6.45) is 13.2. The van der Waals surface area contributed by atoms with Gasteiger partial charge < -0.3 is 39.8 Å². The van der Waals surface area contributed by atoms with E-state index < -0.39 is 53.9 Å². The number of ether oxygens (including phenoxy) is 3. The summed E-state index contributed by atoms with van der Waals surface area (Å²) in [5, 5.41) is 18.4. The van der Waals surface area contributed by atoms with Gasteiger partial charge >= 0.3 is 6.09 Å². The number of nitrogens with one attached hydrogen (secondary N) is 2. The first-order chi connectivity index (χ1) is 32.2. The number of rotatable bonds is 24. The third kappa shape index (κ3) is 15.7. The third-order valence-electron chi connectivity index (χ3n) is 14.1. The van der Waals surface area contributed by atoms with Gasteiger partial charge in [0.1, 0.15) is 23.2 Å². The molecule has 382 valence electrons. The largest absolute Gasteiger partial charge is 0.446 e. The van der Waals surface area contributed by atoms with Gasteiger partial charge in [0.25, 0.3) is 0 Å². The summed E-state index contributed by atoms with van der Waals surface area (Å²) in [6.45, 7) is 15.7. The van der Waals surface area contributed by atoms with Crippen molar-refractivity contribution in [1.82, 2.24) is 30.3 Å². The summed E-state index contributed by atoms with van der Waals surface area (Å²) >= 11 is 0. The lowest BCUT2D eigenvalue weighted by molar-refractivity contribution is -0.148. The van der Waals surface area contributed by atoms with E-state index in [1.54, 1.807) is 78.9 Å². The van der Waals surface area contributed by atoms with Crippen LogP contribution in [0.15, 0.2) is 53.7 Å². The van der Waals surface area contributed by atoms with E-state index in [2.05, 4.69) is 15.6 Å². The Morgan fingerprint density at radius 1 is 0.912 bits per heavy atom. The molecule has 1 aromatic heterocycles. The van der Waals surface area contributed by atoms with Gasteiger partial charge in [-0.05, 0) is 99.0 Å². The zero-order chi connectivity index (χ0) is 50.3. The SMILES string of the molecule is CC[C@H](C)[C@@H]([C@@H](CC(=O)N1CCC[C@@H]1[C@H](OC)[C@@H](C)C(=O)N[C@H](C)C[C@]1(O)C=CC=CC1)OC)N(C)C(=O)[C@@H](NC(=O)[C@H](C(C)C)N(C)C(=O)O[C@H]1CC[C@H](SSc2ccccn2)CC1)C(C)C. The number of likely N-dealkylation sites (N-methyl/N-ethyl adjacent to an activating group) is 2. The van der Waals surface area contributed by atoms with Crippen molar-refractivity contribution >= 4 is 51.3 Å². The van der Waals surface area contributed by atoms with E-state index in [0.29, 0.717) is 37.5 Å². The van der Waals surface area contributed by atoms with Gasteiger partial charge in [-0.15, -0.1) is 0 Å². The number of methoxy groups -OCH3 is 2. The Labute approximate surface area is 414 Å². The van der Waals surface area contributed by atoms with Crippen LogP contribution < -0.4 is 10.6 Å². The van der Waals surface area contributed by atoms with Gasteiger partial charge in [0.05, 0.1) is 42.2 Å². The highest BCUT2D eigenvalue weighted by molar-refractivity contribution is 8.76. The molecule has 0 aromatic carbocycles. The molecule has 1 aromatic rings. The molecule has 1 aliphatic heterocycles. The van der Waals surface area contributed by atoms with Gasteiger partial charge in [0, 0.05) is 52.3 Å². The lowest BCUT2D eigenvalue weighted by atomic mass is 9.88. The van der Waals surface area contributed by atoms with Gasteiger partial charge in [-0.1, -0.05) is 96.1 Å². The molecule has 0 spiro atoms. The maximum atomic E-state index is 14.7. The molecule has 2 fully saturated rings. The van der Waals surface area contributed by atoms with Crippen LogP contribution in [0.2, 0.25) is 0 Å². The Hall–Kier alpha value is -3.64. The first-order valence-corrected chi connectivity index (χ1v) is 26.9. The lowest BCUT2D eigenvalue weighted by Gasteiger charge is -2.41. The normalized spacial score (nSPS) is 24.0. The summed E-state index contributed by atoms with van der Waals surface area (Å²) in [5.41, 5.74) is -1.03. The average Bonchev–Trinajstić information content (AvgIpc) is 3.80. The fraction of sp³-hybridized carbons (Fsp3) is 0.725. The standard InChI is InChI=1S/C51H82N6O9S2/c1-13-34(6)45(40(64-11)30-42(58)57-29-19-20-39(57)46(65-12)36(8)47(59)53-35(7)31-51(63)26-16-14-17-27-51)55(9)49(61)43(32(2)3)54-48(60)44(33(4)5)56(10)50(62)66-37-22-24-38(25-23-37)67-68-41-21-15-18-28-52-41/h14-18,21,26,28,32-40,43-46,63H,13,19-20,22-25,27,29-31H2,1-12H3,(H,53,59)(H,54,60)/t34-,35+,36+,37-,38-,39+,40+,43-,44-,45-,46+,51-/m0/s1. The molecule has 0 unspecified atom stereocenters. The summed E-state index contributed by atoms with van der Waals surface area (Å²) in [4.78, 5) is 79.6. The number of allylic oxidation sites excluding steroid dienone is 2. The molecule has 2 aliphatic carbocycles. The number of carbonyl (C=O) groups excluding carboxylic acids is 5. The second kappa shape index (κ2) is 27.1. The van der Waals surface area contributed by atoms with Crippen molar-refractivity contribution in [3.63, 3.8) is 0 Å². The number of pyridine rings is 1. The van der Waals surface area contributed by atoms with Crippen LogP contribution >= 0.6 is 21.6 Å². The van der Waals surface area contributed by atoms with Crippen molar-refractivity contribution in [3.05, 3.63) is 48.7 Å². The molecule has 10 atom stereocenters. The fourth-order valence-electron chi connectivity index (χ4n) is 10.1. The van der Waals surface area contributed by atoms with Crippen LogP contribution in [-0.2, 0) is 33.4 Å². The summed E-state index contributed by atoms with van der Waals surface area (Å²) in [6, 6.07) is 2.84. The molecule has 17 heteroatoms. The smallest absolute Gasteiger partial charge is 0.410 e. The van der Waals surface area contributed by atoms with E-state index in [4.69, 9.17) is 14.2 Å². The quantitative estimate of drug-likeness (QED) is 0.0874. The topological polar surface area (TPSA) is 180 Å². The second-order valence-corrected chi connectivity index (χ2v) is 22.5. The molecule has 2 heterocycles. The van der Waals surface area contributed by atoms with Crippen molar-refractivity contribution in [2.75, 3.05) is 34.9 Å². The monoisotopic (exact) mass is 987 g/mol. The zero-order valence-corrected chi connectivity index (χ0v) is 44.4. The predicted molar refractivity (Wildman–Crippen MR) is 270 cm³/mol. The van der Waals surface area contributed by atoms with Crippen molar-refractivity contribution in [2.45, 2.75) is 184 Å². The number of hydrogen-bond donors (Lipinski definition) is 3. The molecule has 0 bridgehead atoms. The Balaban J connectivity index is 1.39. The van der Waals surface area contributed by atoms with Gasteiger partial charge in [0.15, 0.2) is 0 Å². The van der Waals surface area contributed by atoms with E-state index in [9.17, 15) is 29.1 Å². The molecule has 15 nitrogen and oxygen atoms in total. The summed E-state index contributed by atoms with van der Waals surface area (Å²) in [7, 11) is 9.85. The first-order valence-electron chi connectivity index (χ1n) is 24.7. The molecule has 0 radical (unpaired) electrons. The zero-order valence-electron chi connectivity index (χ0n) is 42.7. The second-order valence-electron chi connectivity index (χ2n) is 20.0. The number of hydrogen-bond acceptors (Lipinski definition) is 12. The summed E-state index contributed by atoms with van der Waals surface area (Å²) in [5.74, 6) is -2.44. The number of amides is 5. The van der Waals surface area contributed by atoms with Gasteiger partial charge in [-0.25, -0.2) is 9.78 Å². The van der Waals surface area contributed by atoms with Crippen LogP contribution in [0.3, 0.4) is 0 Å². The highest BCUT2D eigenvalue weighted by atomic mass is 33.1. The van der Waals surface area contributed by atoms with Crippen molar-refractivity contribution < 1.29 is 43.3 Å². The van der Waals surface area contributed by atoms with Crippen molar-refractivity contribution in [3.8, 4) is 0 Å². The van der Waals surface area contributed by atoms with E-state index in [1.807, 2.05) is 84.9 Å². The van der Waals surface area contributed by atoms with E-state index >= 15 is 0 Å². The van der Waals surface area contributed by atoms with E-state index in [1.165, 1.54) is 4.90 Å². The number of aromatic nitrogens is 1. The Bertz CT molecular complexity index is 1850. The van der Waals surface area contributed by atoms with E-state index in [-0.39, 0.29) is 60.1 Å². The molecule has 68 heavy (non-hydrogen) atoms. The van der Waals surface area contributed by atoms with Gasteiger partial charge in [-0.2, -0.15) is 0 Å². The minimum atomic E-state index is -1.03. The van der Waals surface area contributed by atoms with Crippen LogP contribution in [0.25, 0.3) is 0 Å². The Morgan fingerprint density at radius 2 is 1.62 bits per heavy atom. The molecular weight excluding hydrogens is 905 g/mol. The van der Waals surface area contributed by atoms with Crippen LogP contribution in [0.1, 0.15) is 120 Å². The molecule has 1 saturated carbocycles. The van der Waals surface area contributed by atoms with Gasteiger partial charge in [0.2, 0.25) is 23.6 Å². The third-order valence-corrected chi connectivity index (χ3v) is 16.9. The molecule has 5 amide bonds. The minimum Gasteiger partial charge on any atom is -0.446 e. The van der Waals surface area contributed by atoms with Crippen LogP contribution in [0.4, 0.5) is 4.79 Å². The number of carbonyl (C=O) groups is 5. The van der Waals surface area contributed by atoms with E-state index in [0.717, 1.165) is 37.1 Å². The van der Waals surface area contributed by atoms with Crippen LogP contribution in [0, 0.1) is 23.7 Å². The number of likely N-dealkylation sites (tertiary alicyclic amines) is 1. The average molecular weight is 987 g/mol. The highest BCUT2D eigenvalue weighted by Crippen LogP contribution is 2.40. The molecule has 3 aliphatic rings. The fourth-order valence-corrected chi connectivity index (χ4v) is 12.6. The van der Waals surface area contributed by atoms with Crippen molar-refractivity contribution in [2.24, 2.45) is 23.7 Å². The molecule has 1 saturated heterocycles. The molecule has 4 rings (SSSR count). The first kappa shape index (κ1) is 56.9. The minimum absolute atomic E-state index is 0.0140. The maximum Gasteiger partial charge on any atom is 0.410 e. The number of nitrogens with zero attached hydrogens (tertiary/aromatic N) is 4. The Morgan fingerprint density at radius 3 is 2.19 bits per heavy atom. The maximum absolute atomic E-state index is 14.7. The van der Waals surface area contributed by atoms with Crippen molar-refractivity contribution in [1.29, 1.82) is 0 Å². The summed E-state index contributed by atoms with van der Waals surface area (Å²) < 4.78 is 18.0. The lowest BCUT2D eigenvalue weighted by Crippen LogP contribution is -2.60. The predicted octanol–water partition coefficient (Wildman–Crippen LogP) is 7.43. The van der Waals surface area contributed by atoms with Crippen LogP contribution in [0.5, 0.6) is 0 Å². The highest BCUT2D eigenvalue weighted by Gasteiger charge is 2.44.